The van der Waals surface area contributed by atoms with Gasteiger partial charge in [0.1, 0.15) is 5.82 Å². The predicted molar refractivity (Wildman–Crippen MR) is 75.5 cm³/mol. The smallest absolute Gasteiger partial charge is 0.224 e. The van der Waals surface area contributed by atoms with Gasteiger partial charge < -0.3 is 15.2 Å². The van der Waals surface area contributed by atoms with Gasteiger partial charge in [-0.05, 0) is 30.2 Å². The fourth-order valence-corrected chi connectivity index (χ4v) is 1.99. The van der Waals surface area contributed by atoms with Gasteiger partial charge in [-0.1, -0.05) is 12.1 Å². The molecule has 1 aromatic heterocycles. The Kier molecular flexibility index (Phi) is 4.90. The van der Waals surface area contributed by atoms with Gasteiger partial charge in [0.15, 0.2) is 0 Å². The number of methoxy groups -OCH3 is 1. The zero-order valence-corrected chi connectivity index (χ0v) is 11.4. The van der Waals surface area contributed by atoms with Crippen molar-refractivity contribution in [2.45, 2.75) is 12.5 Å². The van der Waals surface area contributed by atoms with E-state index in [2.05, 4.69) is 15.3 Å². The van der Waals surface area contributed by atoms with Crippen LogP contribution < -0.4 is 5.32 Å². The van der Waals surface area contributed by atoms with Crippen LogP contribution in [-0.4, -0.2) is 41.4 Å². The molecule has 2 rings (SSSR count). The summed E-state index contributed by atoms with van der Waals surface area (Å²) in [6.45, 7) is 0.912. The third-order valence-electron chi connectivity index (χ3n) is 2.71. The first kappa shape index (κ1) is 14.0. The van der Waals surface area contributed by atoms with Crippen LogP contribution in [0.1, 0.15) is 6.42 Å². The number of anilines is 1. The highest BCUT2D eigenvalue weighted by molar-refractivity contribution is 6.28. The molecule has 1 atom stereocenters. The number of ether oxygens (including phenoxy) is 1. The molecule has 2 N–H and O–H groups in total. The van der Waals surface area contributed by atoms with Gasteiger partial charge in [0, 0.05) is 19.0 Å². The number of hydrogen-bond donors (Lipinski definition) is 2. The molecule has 0 bridgehead atoms. The fourth-order valence-electron chi connectivity index (χ4n) is 1.82. The molecule has 0 aliphatic rings. The number of benzene rings is 1. The predicted octanol–water partition coefficient (Wildman–Crippen LogP) is 2.09. The van der Waals surface area contributed by atoms with Crippen molar-refractivity contribution >= 4 is 28.3 Å². The number of para-hydroxylation sites is 1. The lowest BCUT2D eigenvalue weighted by Gasteiger charge is -2.12. The molecule has 0 aliphatic carbocycles. The summed E-state index contributed by atoms with van der Waals surface area (Å²) in [6, 6.07) is 7.63. The summed E-state index contributed by atoms with van der Waals surface area (Å²) < 4.78 is 4.87. The van der Waals surface area contributed by atoms with Gasteiger partial charge in [0.2, 0.25) is 5.28 Å². The summed E-state index contributed by atoms with van der Waals surface area (Å²) in [4.78, 5) is 8.33. The molecule has 2 aromatic rings. The van der Waals surface area contributed by atoms with E-state index in [0.29, 0.717) is 25.4 Å². The highest BCUT2D eigenvalue weighted by atomic mass is 35.5. The van der Waals surface area contributed by atoms with Gasteiger partial charge in [-0.3, -0.25) is 0 Å². The Balaban J connectivity index is 2.08. The monoisotopic (exact) mass is 281 g/mol. The molecule has 0 saturated carbocycles. The van der Waals surface area contributed by atoms with Gasteiger partial charge in [0.25, 0.3) is 0 Å². The number of aliphatic hydroxyl groups is 1. The Morgan fingerprint density at radius 2 is 2.16 bits per heavy atom. The first-order valence-corrected chi connectivity index (χ1v) is 6.41. The Hall–Kier alpha value is -1.43. The molecule has 19 heavy (non-hydrogen) atoms. The second kappa shape index (κ2) is 6.65. The summed E-state index contributed by atoms with van der Waals surface area (Å²) in [5.41, 5.74) is 0.794. The van der Waals surface area contributed by atoms with Gasteiger partial charge in [-0.2, -0.15) is 0 Å². The first-order chi connectivity index (χ1) is 9.20. The van der Waals surface area contributed by atoms with Crippen LogP contribution in [0.4, 0.5) is 5.82 Å². The normalized spacial score (nSPS) is 12.6. The van der Waals surface area contributed by atoms with E-state index in [0.717, 1.165) is 10.9 Å². The van der Waals surface area contributed by atoms with Crippen molar-refractivity contribution in [3.63, 3.8) is 0 Å². The second-order valence-corrected chi connectivity index (χ2v) is 4.52. The fraction of sp³-hybridized carbons (Fsp3) is 0.385. The number of halogens is 1. The van der Waals surface area contributed by atoms with Gasteiger partial charge >= 0.3 is 0 Å². The lowest BCUT2D eigenvalue weighted by atomic mass is 10.2. The molecule has 0 amide bonds. The standard InChI is InChI=1S/C13H16ClN3O2/c1-19-8-9(18)6-7-15-12-10-4-2-3-5-11(10)16-13(14)17-12/h2-5,9,18H,6-8H2,1H3,(H,15,16,17). The summed E-state index contributed by atoms with van der Waals surface area (Å²) >= 11 is 5.88. The van der Waals surface area contributed by atoms with E-state index < -0.39 is 6.10 Å². The number of aliphatic hydroxyl groups excluding tert-OH is 1. The average molecular weight is 282 g/mol. The molecule has 1 unspecified atom stereocenters. The second-order valence-electron chi connectivity index (χ2n) is 4.18. The summed E-state index contributed by atoms with van der Waals surface area (Å²) in [7, 11) is 1.56. The van der Waals surface area contributed by atoms with Crippen LogP contribution in [-0.2, 0) is 4.74 Å². The van der Waals surface area contributed by atoms with Crippen molar-refractivity contribution in [1.82, 2.24) is 9.97 Å². The molecule has 0 radical (unpaired) electrons. The zero-order valence-electron chi connectivity index (χ0n) is 10.6. The molecule has 0 spiro atoms. The van der Waals surface area contributed by atoms with Crippen molar-refractivity contribution in [3.05, 3.63) is 29.5 Å². The maximum Gasteiger partial charge on any atom is 0.224 e. The quantitative estimate of drug-likeness (QED) is 0.794. The van der Waals surface area contributed by atoms with E-state index in [1.807, 2.05) is 24.3 Å². The molecule has 5 nitrogen and oxygen atoms in total. The van der Waals surface area contributed by atoms with Crippen LogP contribution >= 0.6 is 11.6 Å². The number of hydrogen-bond acceptors (Lipinski definition) is 5. The SMILES string of the molecule is COCC(O)CCNc1nc(Cl)nc2ccccc12. The Bertz CT molecular complexity index is 550. The van der Waals surface area contributed by atoms with Crippen molar-refractivity contribution in [2.75, 3.05) is 25.6 Å². The largest absolute Gasteiger partial charge is 0.391 e. The van der Waals surface area contributed by atoms with Crippen molar-refractivity contribution < 1.29 is 9.84 Å². The van der Waals surface area contributed by atoms with Gasteiger partial charge in [0.05, 0.1) is 18.2 Å². The molecule has 102 valence electrons. The van der Waals surface area contributed by atoms with Crippen LogP contribution in [0.2, 0.25) is 5.28 Å². The third-order valence-corrected chi connectivity index (χ3v) is 2.87. The molecule has 0 fully saturated rings. The maximum atomic E-state index is 9.57. The summed E-state index contributed by atoms with van der Waals surface area (Å²) in [6.07, 6.45) is 0.0881. The Labute approximate surface area is 116 Å². The lowest BCUT2D eigenvalue weighted by Crippen LogP contribution is -2.18. The van der Waals surface area contributed by atoms with Crippen LogP contribution in [0.5, 0.6) is 0 Å². The van der Waals surface area contributed by atoms with E-state index in [9.17, 15) is 5.11 Å². The molecule has 1 aromatic carbocycles. The van der Waals surface area contributed by atoms with Crippen LogP contribution in [0.25, 0.3) is 10.9 Å². The van der Waals surface area contributed by atoms with Crippen molar-refractivity contribution in [2.24, 2.45) is 0 Å². The molecule has 0 saturated heterocycles. The average Bonchev–Trinajstić information content (AvgIpc) is 2.38. The maximum absolute atomic E-state index is 9.57. The minimum atomic E-state index is -0.485. The summed E-state index contributed by atoms with van der Waals surface area (Å²) in [5.74, 6) is 0.681. The minimum Gasteiger partial charge on any atom is -0.391 e. The molecule has 1 heterocycles. The minimum absolute atomic E-state index is 0.207. The van der Waals surface area contributed by atoms with E-state index in [4.69, 9.17) is 16.3 Å². The number of fused-ring (bicyclic) bond motifs is 1. The first-order valence-electron chi connectivity index (χ1n) is 6.04. The van der Waals surface area contributed by atoms with E-state index in [1.54, 1.807) is 7.11 Å². The number of rotatable bonds is 6. The molecular formula is C13H16ClN3O2. The summed E-state index contributed by atoms with van der Waals surface area (Å²) in [5, 5.41) is 13.9. The topological polar surface area (TPSA) is 67.3 Å². The van der Waals surface area contributed by atoms with Crippen LogP contribution in [0.3, 0.4) is 0 Å². The number of aromatic nitrogens is 2. The van der Waals surface area contributed by atoms with Crippen molar-refractivity contribution in [3.8, 4) is 0 Å². The Morgan fingerprint density at radius 1 is 1.37 bits per heavy atom. The number of nitrogens with one attached hydrogen (secondary N) is 1. The highest BCUT2D eigenvalue weighted by Gasteiger charge is 2.07. The van der Waals surface area contributed by atoms with Crippen molar-refractivity contribution in [1.29, 1.82) is 0 Å². The van der Waals surface area contributed by atoms with Gasteiger partial charge in [-0.25, -0.2) is 9.97 Å². The van der Waals surface area contributed by atoms with E-state index >= 15 is 0 Å². The molecule has 6 heteroatoms. The van der Waals surface area contributed by atoms with Crippen LogP contribution in [0, 0.1) is 0 Å². The lowest BCUT2D eigenvalue weighted by molar-refractivity contribution is 0.0615. The third kappa shape index (κ3) is 3.76. The molecule has 0 aliphatic heterocycles. The molecular weight excluding hydrogens is 266 g/mol. The highest BCUT2D eigenvalue weighted by Crippen LogP contribution is 2.21. The van der Waals surface area contributed by atoms with E-state index in [-0.39, 0.29) is 5.28 Å². The zero-order chi connectivity index (χ0) is 13.7. The van der Waals surface area contributed by atoms with E-state index in [1.165, 1.54) is 0 Å². The van der Waals surface area contributed by atoms with Gasteiger partial charge in [-0.15, -0.1) is 0 Å². The number of nitrogens with zero attached hydrogens (tertiary/aromatic N) is 2. The van der Waals surface area contributed by atoms with Crippen LogP contribution in [0.15, 0.2) is 24.3 Å². The Morgan fingerprint density at radius 3 is 2.95 bits per heavy atom.